The van der Waals surface area contributed by atoms with Gasteiger partial charge in [0.05, 0.1) is 12.6 Å². The lowest BCUT2D eigenvalue weighted by atomic mass is 10.0. The van der Waals surface area contributed by atoms with E-state index in [1.165, 1.54) is 0 Å². The van der Waals surface area contributed by atoms with E-state index in [0.717, 1.165) is 30.7 Å². The fourth-order valence-corrected chi connectivity index (χ4v) is 3.17. The second-order valence-corrected chi connectivity index (χ2v) is 6.02. The van der Waals surface area contributed by atoms with Crippen LogP contribution >= 0.6 is 0 Å². The molecule has 0 radical (unpaired) electrons. The molecule has 3 amide bonds. The van der Waals surface area contributed by atoms with E-state index in [2.05, 4.69) is 5.32 Å². The molecule has 0 saturated carbocycles. The molecule has 1 fully saturated rings. The topological polar surface area (TPSA) is 61.9 Å². The largest absolute Gasteiger partial charge is 0.493 e. The molecule has 6 nitrogen and oxygen atoms in total. The average Bonchev–Trinajstić information content (AvgIpc) is 2.81. The van der Waals surface area contributed by atoms with Crippen molar-refractivity contribution in [3.63, 3.8) is 0 Å². The van der Waals surface area contributed by atoms with Crippen molar-refractivity contribution in [2.45, 2.75) is 25.8 Å². The van der Waals surface area contributed by atoms with Crippen LogP contribution in [0.25, 0.3) is 0 Å². The lowest BCUT2D eigenvalue weighted by molar-refractivity contribution is -0.128. The molecule has 1 atom stereocenters. The Morgan fingerprint density at radius 3 is 2.70 bits per heavy atom. The van der Waals surface area contributed by atoms with Crippen LogP contribution in [-0.4, -0.2) is 54.5 Å². The Bertz CT molecular complexity index is 590. The number of ether oxygens (including phenoxy) is 1. The number of para-hydroxylation sites is 1. The van der Waals surface area contributed by atoms with Crippen LogP contribution in [0.2, 0.25) is 0 Å². The third kappa shape index (κ3) is 3.57. The van der Waals surface area contributed by atoms with E-state index in [1.54, 1.807) is 16.7 Å². The summed E-state index contributed by atoms with van der Waals surface area (Å²) in [6, 6.07) is 7.76. The minimum atomic E-state index is -0.0582. The van der Waals surface area contributed by atoms with E-state index >= 15 is 0 Å². The first-order valence-corrected chi connectivity index (χ1v) is 8.18. The maximum absolute atomic E-state index is 12.6. The molecule has 2 aliphatic rings. The highest BCUT2D eigenvalue weighted by Gasteiger charge is 2.26. The molecule has 3 rings (SSSR count). The first kappa shape index (κ1) is 15.6. The molecule has 2 heterocycles. The van der Waals surface area contributed by atoms with Crippen molar-refractivity contribution in [2.24, 2.45) is 0 Å². The number of carbonyl (C=O) groups excluding carboxylic acids is 2. The molecule has 0 bridgehead atoms. The van der Waals surface area contributed by atoms with Gasteiger partial charge in [-0.3, -0.25) is 4.79 Å². The van der Waals surface area contributed by atoms with Crippen LogP contribution in [0, 0.1) is 0 Å². The number of nitrogens with zero attached hydrogens (tertiary/aromatic N) is 2. The van der Waals surface area contributed by atoms with Crippen LogP contribution in [0.1, 0.15) is 31.4 Å². The second kappa shape index (κ2) is 6.89. The lowest BCUT2D eigenvalue weighted by Gasteiger charge is -2.29. The first-order chi connectivity index (χ1) is 11.1. The molecule has 0 unspecified atom stereocenters. The van der Waals surface area contributed by atoms with Crippen molar-refractivity contribution in [2.75, 3.05) is 32.8 Å². The van der Waals surface area contributed by atoms with E-state index in [1.807, 2.05) is 24.3 Å². The lowest BCUT2D eigenvalue weighted by Crippen LogP contribution is -2.44. The van der Waals surface area contributed by atoms with Crippen LogP contribution in [0.4, 0.5) is 4.79 Å². The molecule has 0 spiro atoms. The summed E-state index contributed by atoms with van der Waals surface area (Å²) in [6.45, 7) is 4.78. The number of fused-ring (bicyclic) bond motifs is 1. The highest BCUT2D eigenvalue weighted by molar-refractivity contribution is 5.76. The van der Waals surface area contributed by atoms with E-state index < -0.39 is 0 Å². The molecule has 1 N–H and O–H groups in total. The number of carbonyl (C=O) groups is 2. The SMILES string of the molecule is CC(=O)N1CCCN(C(=O)N[C@H]2CCOc3ccccc32)CC1. The quantitative estimate of drug-likeness (QED) is 0.859. The Balaban J connectivity index is 1.63. The second-order valence-electron chi connectivity index (χ2n) is 6.02. The van der Waals surface area contributed by atoms with E-state index in [0.29, 0.717) is 26.2 Å². The summed E-state index contributed by atoms with van der Waals surface area (Å²) in [5.74, 6) is 0.924. The summed E-state index contributed by atoms with van der Waals surface area (Å²) in [5, 5.41) is 3.12. The monoisotopic (exact) mass is 317 g/mol. The van der Waals surface area contributed by atoms with E-state index in [-0.39, 0.29) is 18.0 Å². The molecular formula is C17H23N3O3. The van der Waals surface area contributed by atoms with Gasteiger partial charge >= 0.3 is 6.03 Å². The molecular weight excluding hydrogens is 294 g/mol. The van der Waals surface area contributed by atoms with Crippen molar-refractivity contribution in [3.05, 3.63) is 29.8 Å². The van der Waals surface area contributed by atoms with Gasteiger partial charge in [0.1, 0.15) is 5.75 Å². The summed E-state index contributed by atoms with van der Waals surface area (Å²) >= 11 is 0. The van der Waals surface area contributed by atoms with Crippen molar-refractivity contribution >= 4 is 11.9 Å². The zero-order chi connectivity index (χ0) is 16.2. The van der Waals surface area contributed by atoms with E-state index in [9.17, 15) is 9.59 Å². The zero-order valence-corrected chi connectivity index (χ0v) is 13.5. The summed E-state index contributed by atoms with van der Waals surface area (Å²) in [6.07, 6.45) is 1.59. The number of hydrogen-bond acceptors (Lipinski definition) is 3. The summed E-state index contributed by atoms with van der Waals surface area (Å²) in [5.41, 5.74) is 1.03. The minimum Gasteiger partial charge on any atom is -0.493 e. The Kier molecular flexibility index (Phi) is 4.69. The van der Waals surface area contributed by atoms with Gasteiger partial charge in [0.15, 0.2) is 0 Å². The van der Waals surface area contributed by atoms with Crippen LogP contribution in [0.3, 0.4) is 0 Å². The zero-order valence-electron chi connectivity index (χ0n) is 13.5. The Morgan fingerprint density at radius 1 is 1.13 bits per heavy atom. The summed E-state index contributed by atoms with van der Waals surface area (Å²) < 4.78 is 5.63. The van der Waals surface area contributed by atoms with Gasteiger partial charge in [-0.05, 0) is 12.5 Å². The van der Waals surface area contributed by atoms with Crippen LogP contribution in [0.15, 0.2) is 24.3 Å². The van der Waals surface area contributed by atoms with Crippen LogP contribution in [0.5, 0.6) is 5.75 Å². The molecule has 1 aromatic rings. The van der Waals surface area contributed by atoms with Crippen molar-refractivity contribution in [1.82, 2.24) is 15.1 Å². The van der Waals surface area contributed by atoms with Gasteiger partial charge in [0.2, 0.25) is 5.91 Å². The van der Waals surface area contributed by atoms with Crippen molar-refractivity contribution in [1.29, 1.82) is 0 Å². The first-order valence-electron chi connectivity index (χ1n) is 8.18. The van der Waals surface area contributed by atoms with Gasteiger partial charge in [0, 0.05) is 45.1 Å². The predicted octanol–water partition coefficient (Wildman–Crippen LogP) is 1.77. The predicted molar refractivity (Wildman–Crippen MR) is 86.3 cm³/mol. The van der Waals surface area contributed by atoms with Crippen LogP contribution < -0.4 is 10.1 Å². The highest BCUT2D eigenvalue weighted by Crippen LogP contribution is 2.31. The number of rotatable bonds is 1. The number of hydrogen-bond donors (Lipinski definition) is 1. The van der Waals surface area contributed by atoms with Crippen molar-refractivity contribution in [3.8, 4) is 5.75 Å². The molecule has 6 heteroatoms. The van der Waals surface area contributed by atoms with Gasteiger partial charge in [-0.1, -0.05) is 18.2 Å². The number of urea groups is 1. The van der Waals surface area contributed by atoms with E-state index in [4.69, 9.17) is 4.74 Å². The Morgan fingerprint density at radius 2 is 1.87 bits per heavy atom. The fourth-order valence-electron chi connectivity index (χ4n) is 3.17. The maximum atomic E-state index is 12.6. The maximum Gasteiger partial charge on any atom is 0.317 e. The smallest absolute Gasteiger partial charge is 0.317 e. The van der Waals surface area contributed by atoms with Gasteiger partial charge in [-0.15, -0.1) is 0 Å². The summed E-state index contributed by atoms with van der Waals surface area (Å²) in [7, 11) is 0. The van der Waals surface area contributed by atoms with Crippen molar-refractivity contribution < 1.29 is 14.3 Å². The molecule has 124 valence electrons. The fraction of sp³-hybridized carbons (Fsp3) is 0.529. The number of benzene rings is 1. The molecule has 0 aliphatic carbocycles. The normalized spacial score (nSPS) is 21.0. The molecule has 0 aromatic heterocycles. The molecule has 1 aromatic carbocycles. The molecule has 1 saturated heterocycles. The molecule has 2 aliphatic heterocycles. The number of nitrogens with one attached hydrogen (secondary N) is 1. The van der Waals surface area contributed by atoms with Crippen LogP contribution in [-0.2, 0) is 4.79 Å². The third-order valence-electron chi connectivity index (χ3n) is 4.48. The highest BCUT2D eigenvalue weighted by atomic mass is 16.5. The van der Waals surface area contributed by atoms with Gasteiger partial charge in [0.25, 0.3) is 0 Å². The number of amides is 3. The Hall–Kier alpha value is -2.24. The van der Waals surface area contributed by atoms with Gasteiger partial charge < -0.3 is 19.9 Å². The third-order valence-corrected chi connectivity index (χ3v) is 4.48. The molecule has 23 heavy (non-hydrogen) atoms. The minimum absolute atomic E-state index is 0.0142. The van der Waals surface area contributed by atoms with Gasteiger partial charge in [-0.25, -0.2) is 4.79 Å². The standard InChI is InChI=1S/C17H23N3O3/c1-13(21)19-8-4-9-20(11-10-19)17(22)18-15-7-12-23-16-6-3-2-5-14(15)16/h2-3,5-6,15H,4,7-12H2,1H3,(H,18,22)/t15-/m0/s1. The van der Waals surface area contributed by atoms with Gasteiger partial charge in [-0.2, -0.15) is 0 Å². The Labute approximate surface area is 136 Å². The average molecular weight is 317 g/mol. The summed E-state index contributed by atoms with van der Waals surface area (Å²) in [4.78, 5) is 27.7.